The minimum atomic E-state index is -0.0802. The number of hydrogen-bond acceptors (Lipinski definition) is 3. The largest absolute Gasteiger partial charge is 0.493 e. The summed E-state index contributed by atoms with van der Waals surface area (Å²) >= 11 is 0. The molecular weight excluding hydrogens is 398 g/mol. The van der Waals surface area contributed by atoms with Crippen molar-refractivity contribution < 1.29 is 14.3 Å². The topological polar surface area (TPSA) is 48.3 Å². The van der Waals surface area contributed by atoms with Crippen LogP contribution >= 0.6 is 0 Å². The Labute approximate surface area is 186 Å². The van der Waals surface area contributed by atoms with E-state index in [-0.39, 0.29) is 18.2 Å². The van der Waals surface area contributed by atoms with Gasteiger partial charge in [0.05, 0.1) is 11.3 Å². The lowest BCUT2D eigenvalue weighted by Gasteiger charge is -2.31. The summed E-state index contributed by atoms with van der Waals surface area (Å²) in [5.74, 6) is 0.776. The molecule has 2 aromatic carbocycles. The molecule has 0 fully saturated rings. The first-order valence-corrected chi connectivity index (χ1v) is 11.2. The third kappa shape index (κ3) is 2.62. The van der Waals surface area contributed by atoms with Crippen LogP contribution in [-0.2, 0) is 11.8 Å². The van der Waals surface area contributed by atoms with Crippen LogP contribution < -0.4 is 0 Å². The number of rotatable bonds is 2. The zero-order chi connectivity index (χ0) is 21.8. The number of aromatic nitrogens is 1. The summed E-state index contributed by atoms with van der Waals surface area (Å²) in [6.07, 6.45) is 3.72. The maximum absolute atomic E-state index is 14.0. The molecule has 0 saturated carbocycles. The smallest absolute Gasteiger partial charge is 0.211 e. The van der Waals surface area contributed by atoms with Gasteiger partial charge < -0.3 is 9.30 Å². The van der Waals surface area contributed by atoms with Crippen LogP contribution in [0.25, 0.3) is 22.4 Å². The first-order valence-electron chi connectivity index (χ1n) is 11.2. The minimum absolute atomic E-state index is 0.0471. The fourth-order valence-electron chi connectivity index (χ4n) is 5.43. The molecule has 158 valence electrons. The summed E-state index contributed by atoms with van der Waals surface area (Å²) in [6, 6.07) is 19.9. The van der Waals surface area contributed by atoms with Gasteiger partial charge in [-0.1, -0.05) is 60.7 Å². The Bertz CT molecular complexity index is 1340. The van der Waals surface area contributed by atoms with Crippen LogP contribution in [0.15, 0.2) is 83.1 Å². The van der Waals surface area contributed by atoms with Crippen LogP contribution in [0.1, 0.15) is 46.5 Å². The summed E-state index contributed by atoms with van der Waals surface area (Å²) < 4.78 is 7.92. The number of benzene rings is 2. The molecule has 1 aromatic heterocycles. The zero-order valence-electron chi connectivity index (χ0n) is 18.0. The number of hydrogen-bond donors (Lipinski definition) is 0. The standard InChI is InChI=1S/C28H23NO3/c1-29-25(18-12-6-3-7-13-18)22(17-10-4-2-5-11-17)24-26(29)28(31)23-19-14-8-9-15-21(19)32-16-20(23)27(24)30/h2-7,10-13H,8-9,14-16H2,1H3. The number of fused-ring (bicyclic) bond motifs is 2. The van der Waals surface area contributed by atoms with Gasteiger partial charge in [0, 0.05) is 35.8 Å². The predicted octanol–water partition coefficient (Wildman–Crippen LogP) is 5.89. The maximum Gasteiger partial charge on any atom is 0.211 e. The number of Topliss-reactive ketones (excluding diaryl/α,β-unsaturated/α-hetero) is 2. The van der Waals surface area contributed by atoms with Gasteiger partial charge in [-0.3, -0.25) is 9.59 Å². The number of allylic oxidation sites excluding steroid dienone is 3. The van der Waals surface area contributed by atoms with Crippen molar-refractivity contribution in [1.29, 1.82) is 0 Å². The van der Waals surface area contributed by atoms with Crippen LogP contribution in [0.5, 0.6) is 0 Å². The lowest BCUT2D eigenvalue weighted by atomic mass is 9.78. The van der Waals surface area contributed by atoms with Gasteiger partial charge in [0.2, 0.25) is 5.78 Å². The average Bonchev–Trinajstić information content (AvgIpc) is 3.16. The van der Waals surface area contributed by atoms with Crippen LogP contribution in [0, 0.1) is 0 Å². The molecule has 0 saturated heterocycles. The first-order chi connectivity index (χ1) is 15.7. The molecule has 4 heteroatoms. The number of ketones is 2. The molecule has 3 aromatic rings. The van der Waals surface area contributed by atoms with E-state index in [0.717, 1.165) is 59.4 Å². The van der Waals surface area contributed by atoms with E-state index < -0.39 is 0 Å². The fourth-order valence-corrected chi connectivity index (χ4v) is 5.43. The van der Waals surface area contributed by atoms with Gasteiger partial charge in [-0.05, 0) is 30.4 Å². The average molecular weight is 421 g/mol. The molecule has 0 atom stereocenters. The monoisotopic (exact) mass is 421 g/mol. The van der Waals surface area contributed by atoms with E-state index >= 15 is 0 Å². The molecule has 0 amide bonds. The second-order valence-corrected chi connectivity index (χ2v) is 8.65. The molecule has 1 aliphatic heterocycles. The third-order valence-corrected chi connectivity index (χ3v) is 6.86. The van der Waals surface area contributed by atoms with Crippen LogP contribution in [0.4, 0.5) is 0 Å². The molecular formula is C28H23NO3. The van der Waals surface area contributed by atoms with Crippen molar-refractivity contribution in [2.45, 2.75) is 25.7 Å². The SMILES string of the molecule is Cn1c2c(c(-c3ccccc3)c1-c1ccccc1)C(=O)C1=C(C2=O)C2=C(CCCC2)OC1. The third-order valence-electron chi connectivity index (χ3n) is 6.86. The molecule has 32 heavy (non-hydrogen) atoms. The molecule has 0 bridgehead atoms. The van der Waals surface area contributed by atoms with E-state index in [1.54, 1.807) is 0 Å². The Morgan fingerprint density at radius 1 is 0.719 bits per heavy atom. The quantitative estimate of drug-likeness (QED) is 0.518. The highest BCUT2D eigenvalue weighted by molar-refractivity contribution is 6.31. The number of carbonyl (C=O) groups is 2. The van der Waals surface area contributed by atoms with Crippen molar-refractivity contribution >= 4 is 11.6 Å². The van der Waals surface area contributed by atoms with E-state index in [4.69, 9.17) is 4.74 Å². The van der Waals surface area contributed by atoms with E-state index in [1.165, 1.54) is 0 Å². The number of nitrogens with zero attached hydrogens (tertiary/aromatic N) is 1. The highest BCUT2D eigenvalue weighted by Gasteiger charge is 2.43. The fraction of sp³-hybridized carbons (Fsp3) is 0.214. The maximum atomic E-state index is 14.0. The first kappa shape index (κ1) is 19.1. The molecule has 0 spiro atoms. The van der Waals surface area contributed by atoms with Gasteiger partial charge in [-0.25, -0.2) is 0 Å². The second-order valence-electron chi connectivity index (χ2n) is 8.65. The highest BCUT2D eigenvalue weighted by Crippen LogP contribution is 2.46. The van der Waals surface area contributed by atoms with E-state index in [1.807, 2.05) is 72.3 Å². The van der Waals surface area contributed by atoms with Crippen LogP contribution in [-0.4, -0.2) is 22.7 Å². The highest BCUT2D eigenvalue weighted by atomic mass is 16.5. The summed E-state index contributed by atoms with van der Waals surface area (Å²) in [7, 11) is 1.90. The predicted molar refractivity (Wildman–Crippen MR) is 123 cm³/mol. The Balaban J connectivity index is 1.66. The second kappa shape index (κ2) is 7.20. The Hall–Kier alpha value is -3.66. The van der Waals surface area contributed by atoms with E-state index in [9.17, 15) is 9.59 Å². The molecule has 0 N–H and O–H groups in total. The Kier molecular flexibility index (Phi) is 4.29. The van der Waals surface area contributed by atoms with Crippen molar-refractivity contribution in [3.8, 4) is 22.4 Å². The number of carbonyl (C=O) groups excluding carboxylic acids is 2. The number of ether oxygens (including phenoxy) is 1. The Morgan fingerprint density at radius 2 is 1.38 bits per heavy atom. The molecule has 2 heterocycles. The zero-order valence-corrected chi connectivity index (χ0v) is 18.0. The van der Waals surface area contributed by atoms with Crippen molar-refractivity contribution in [3.63, 3.8) is 0 Å². The molecule has 6 rings (SSSR count). The van der Waals surface area contributed by atoms with Gasteiger partial charge in [0.1, 0.15) is 18.1 Å². The summed E-state index contributed by atoms with van der Waals surface area (Å²) in [4.78, 5) is 27.9. The van der Waals surface area contributed by atoms with E-state index in [0.29, 0.717) is 22.4 Å². The van der Waals surface area contributed by atoms with Crippen molar-refractivity contribution in [2.75, 3.05) is 6.61 Å². The van der Waals surface area contributed by atoms with Gasteiger partial charge >= 0.3 is 0 Å². The minimum Gasteiger partial charge on any atom is -0.493 e. The lowest BCUT2D eigenvalue weighted by molar-refractivity contribution is 0.0939. The van der Waals surface area contributed by atoms with Crippen molar-refractivity contribution in [3.05, 3.63) is 94.4 Å². The van der Waals surface area contributed by atoms with Gasteiger partial charge in [-0.2, -0.15) is 0 Å². The molecule has 2 aliphatic carbocycles. The van der Waals surface area contributed by atoms with E-state index in [2.05, 4.69) is 0 Å². The van der Waals surface area contributed by atoms with Gasteiger partial charge in [-0.15, -0.1) is 0 Å². The molecule has 0 radical (unpaired) electrons. The Morgan fingerprint density at radius 3 is 2.09 bits per heavy atom. The van der Waals surface area contributed by atoms with Crippen LogP contribution in [0.2, 0.25) is 0 Å². The summed E-state index contributed by atoms with van der Waals surface area (Å²) in [5.41, 5.74) is 6.69. The van der Waals surface area contributed by atoms with Gasteiger partial charge in [0.15, 0.2) is 5.78 Å². The molecule has 4 nitrogen and oxygen atoms in total. The molecule has 3 aliphatic rings. The van der Waals surface area contributed by atoms with Crippen molar-refractivity contribution in [2.24, 2.45) is 7.05 Å². The lowest BCUT2D eigenvalue weighted by Crippen LogP contribution is -2.30. The van der Waals surface area contributed by atoms with Crippen molar-refractivity contribution in [1.82, 2.24) is 4.57 Å². The summed E-state index contributed by atoms with van der Waals surface area (Å²) in [5, 5.41) is 0. The van der Waals surface area contributed by atoms with Gasteiger partial charge in [0.25, 0.3) is 0 Å². The molecule has 0 unspecified atom stereocenters. The summed E-state index contributed by atoms with van der Waals surface area (Å²) in [6.45, 7) is 0.183. The normalized spacial score (nSPS) is 17.7. The van der Waals surface area contributed by atoms with Crippen LogP contribution in [0.3, 0.4) is 0 Å².